The Hall–Kier alpha value is -3.32. The molecule has 0 atom stereocenters. The van der Waals surface area contributed by atoms with E-state index in [9.17, 15) is 14.4 Å². The van der Waals surface area contributed by atoms with Crippen LogP contribution in [0.3, 0.4) is 0 Å². The van der Waals surface area contributed by atoms with Crippen LogP contribution >= 0.6 is 11.3 Å². The summed E-state index contributed by atoms with van der Waals surface area (Å²) >= 11 is 1.46. The molecule has 0 fully saturated rings. The van der Waals surface area contributed by atoms with Gasteiger partial charge in [0.1, 0.15) is 0 Å². The molecule has 1 aromatic carbocycles. The average molecular weight is 391 g/mol. The van der Waals surface area contributed by atoms with Crippen LogP contribution in [0, 0.1) is 6.92 Å². The summed E-state index contributed by atoms with van der Waals surface area (Å²) in [4.78, 5) is 43.7. The number of aryl methyl sites for hydroxylation is 1. The highest BCUT2D eigenvalue weighted by Crippen LogP contribution is 2.11. The maximum Gasteiger partial charge on any atom is 0.332 e. The van der Waals surface area contributed by atoms with E-state index in [0.717, 1.165) is 15.0 Å². The number of hydrogen-bond acceptors (Lipinski definition) is 5. The summed E-state index contributed by atoms with van der Waals surface area (Å²) in [5.74, 6) is -0.200. The highest BCUT2D eigenvalue weighted by molar-refractivity contribution is 7.09. The van der Waals surface area contributed by atoms with E-state index in [2.05, 4.69) is 4.98 Å². The molecule has 4 rings (SSSR count). The number of thiophene rings is 1. The van der Waals surface area contributed by atoms with Crippen LogP contribution in [0.2, 0.25) is 0 Å². The highest BCUT2D eigenvalue weighted by atomic mass is 32.1. The molecule has 0 N–H and O–H groups in total. The molecule has 0 radical (unpaired) electrons. The van der Waals surface area contributed by atoms with Crippen molar-refractivity contribution in [1.82, 2.24) is 14.1 Å². The maximum absolute atomic E-state index is 13.1. The molecule has 0 aliphatic carbocycles. The van der Waals surface area contributed by atoms with Crippen LogP contribution < -0.4 is 11.2 Å². The summed E-state index contributed by atoms with van der Waals surface area (Å²) in [6.07, 6.45) is 1.51. The molecule has 0 unspecified atom stereocenters. The Morgan fingerprint density at radius 1 is 1.04 bits per heavy atom. The van der Waals surface area contributed by atoms with E-state index in [1.807, 2.05) is 36.6 Å². The number of hydrogen-bond donors (Lipinski definition) is 0. The molecule has 0 aliphatic heterocycles. The summed E-state index contributed by atoms with van der Waals surface area (Å²) in [6.45, 7) is 1.94. The second-order valence-corrected chi connectivity index (χ2v) is 7.53. The van der Waals surface area contributed by atoms with Gasteiger partial charge in [-0.25, -0.2) is 9.78 Å². The molecule has 7 heteroatoms. The Balaban J connectivity index is 1.84. The lowest BCUT2D eigenvalue weighted by Gasteiger charge is -2.13. The van der Waals surface area contributed by atoms with E-state index in [4.69, 9.17) is 0 Å². The van der Waals surface area contributed by atoms with Crippen LogP contribution in [-0.4, -0.2) is 19.9 Å². The molecule has 0 saturated heterocycles. The number of carbonyl (C=O) groups excluding carboxylic acids is 1. The highest BCUT2D eigenvalue weighted by Gasteiger charge is 2.17. The second-order valence-electron chi connectivity index (χ2n) is 6.50. The SMILES string of the molecule is Cc1ccc(C(=O)Cn2c(=O)n(Cc3cccs3)c(=O)c3ncccc32)cc1. The van der Waals surface area contributed by atoms with Gasteiger partial charge in [0.25, 0.3) is 5.56 Å². The summed E-state index contributed by atoms with van der Waals surface area (Å²) in [5, 5.41) is 1.89. The second kappa shape index (κ2) is 7.36. The van der Waals surface area contributed by atoms with Gasteiger partial charge in [0, 0.05) is 16.6 Å². The van der Waals surface area contributed by atoms with Crippen LogP contribution in [0.25, 0.3) is 11.0 Å². The fraction of sp³-hybridized carbons (Fsp3) is 0.143. The number of aromatic nitrogens is 3. The number of Topliss-reactive ketones (excluding diaryl/α,β-unsaturated/α-hetero) is 1. The molecule has 3 aromatic heterocycles. The zero-order valence-electron chi connectivity index (χ0n) is 15.2. The van der Waals surface area contributed by atoms with Crippen LogP contribution in [0.4, 0.5) is 0 Å². The Morgan fingerprint density at radius 3 is 2.54 bits per heavy atom. The van der Waals surface area contributed by atoms with Crippen molar-refractivity contribution >= 4 is 28.2 Å². The average Bonchev–Trinajstić information content (AvgIpc) is 3.22. The molecule has 0 bridgehead atoms. The van der Waals surface area contributed by atoms with E-state index >= 15 is 0 Å². The molecular formula is C21H17N3O3S. The van der Waals surface area contributed by atoms with Crippen molar-refractivity contribution in [2.24, 2.45) is 0 Å². The lowest BCUT2D eigenvalue weighted by atomic mass is 10.1. The van der Waals surface area contributed by atoms with Crippen LogP contribution in [0.1, 0.15) is 20.8 Å². The van der Waals surface area contributed by atoms with Gasteiger partial charge >= 0.3 is 5.69 Å². The van der Waals surface area contributed by atoms with Crippen molar-refractivity contribution in [1.29, 1.82) is 0 Å². The minimum atomic E-state index is -0.514. The van der Waals surface area contributed by atoms with Crippen molar-refractivity contribution in [3.63, 3.8) is 0 Å². The number of benzene rings is 1. The van der Waals surface area contributed by atoms with Gasteiger partial charge in [-0.2, -0.15) is 0 Å². The lowest BCUT2D eigenvalue weighted by molar-refractivity contribution is 0.0971. The van der Waals surface area contributed by atoms with Crippen LogP contribution in [0.15, 0.2) is 69.7 Å². The Labute approximate surface area is 164 Å². The number of rotatable bonds is 5. The summed E-state index contributed by atoms with van der Waals surface area (Å²) < 4.78 is 2.48. The number of carbonyl (C=O) groups is 1. The predicted molar refractivity (Wildman–Crippen MR) is 109 cm³/mol. The van der Waals surface area contributed by atoms with E-state index < -0.39 is 11.2 Å². The Morgan fingerprint density at radius 2 is 1.82 bits per heavy atom. The first-order valence-electron chi connectivity index (χ1n) is 8.75. The zero-order chi connectivity index (χ0) is 19.7. The fourth-order valence-corrected chi connectivity index (χ4v) is 3.76. The van der Waals surface area contributed by atoms with Crippen molar-refractivity contribution in [2.75, 3.05) is 0 Å². The van der Waals surface area contributed by atoms with Crippen molar-refractivity contribution in [2.45, 2.75) is 20.0 Å². The third-order valence-electron chi connectivity index (χ3n) is 4.56. The first-order chi connectivity index (χ1) is 13.5. The summed E-state index contributed by atoms with van der Waals surface area (Å²) in [6, 6.07) is 14.2. The quantitative estimate of drug-likeness (QED) is 0.491. The topological polar surface area (TPSA) is 74.0 Å². The normalized spacial score (nSPS) is 11.0. The van der Waals surface area contributed by atoms with E-state index in [-0.39, 0.29) is 24.4 Å². The van der Waals surface area contributed by atoms with Gasteiger partial charge in [-0.1, -0.05) is 35.9 Å². The van der Waals surface area contributed by atoms with Crippen molar-refractivity contribution in [3.8, 4) is 0 Å². The van der Waals surface area contributed by atoms with E-state index in [1.54, 1.807) is 24.3 Å². The third kappa shape index (κ3) is 3.32. The van der Waals surface area contributed by atoms with Gasteiger partial charge in [-0.3, -0.25) is 18.7 Å². The van der Waals surface area contributed by atoms with Gasteiger partial charge in [-0.15, -0.1) is 11.3 Å². The lowest BCUT2D eigenvalue weighted by Crippen LogP contribution is -2.41. The van der Waals surface area contributed by atoms with Gasteiger partial charge in [0.05, 0.1) is 18.6 Å². The molecule has 140 valence electrons. The fourth-order valence-electron chi connectivity index (χ4n) is 3.07. The Bertz CT molecular complexity index is 1270. The molecule has 0 aliphatic rings. The monoisotopic (exact) mass is 391 g/mol. The zero-order valence-corrected chi connectivity index (χ0v) is 16.0. The smallest absolute Gasteiger partial charge is 0.292 e. The van der Waals surface area contributed by atoms with Crippen molar-refractivity contribution in [3.05, 3.63) is 96.9 Å². The number of nitrogens with zero attached hydrogens (tertiary/aromatic N) is 3. The Kier molecular flexibility index (Phi) is 4.75. The minimum absolute atomic E-state index is 0.153. The van der Waals surface area contributed by atoms with Crippen molar-refractivity contribution < 1.29 is 4.79 Å². The van der Waals surface area contributed by atoms with E-state index in [0.29, 0.717) is 11.1 Å². The van der Waals surface area contributed by atoms with Crippen LogP contribution in [-0.2, 0) is 13.1 Å². The number of ketones is 1. The largest absolute Gasteiger partial charge is 0.332 e. The van der Waals surface area contributed by atoms with Crippen LogP contribution in [0.5, 0.6) is 0 Å². The molecule has 4 aromatic rings. The standard InChI is InChI=1S/C21H17N3O3S/c1-14-6-8-15(9-7-14)18(25)13-23-17-5-2-10-22-19(17)20(26)24(21(23)27)12-16-4-3-11-28-16/h2-11H,12-13H2,1H3. The first-order valence-corrected chi connectivity index (χ1v) is 9.63. The van der Waals surface area contributed by atoms with Gasteiger partial charge in [0.15, 0.2) is 11.3 Å². The molecule has 6 nitrogen and oxygen atoms in total. The maximum atomic E-state index is 13.1. The molecule has 28 heavy (non-hydrogen) atoms. The summed E-state index contributed by atoms with van der Waals surface area (Å²) in [7, 11) is 0. The van der Waals surface area contributed by atoms with E-state index in [1.165, 1.54) is 22.1 Å². The first kappa shape index (κ1) is 18.1. The molecule has 0 amide bonds. The van der Waals surface area contributed by atoms with Gasteiger partial charge in [-0.05, 0) is 30.5 Å². The molecule has 0 spiro atoms. The van der Waals surface area contributed by atoms with Gasteiger partial charge < -0.3 is 0 Å². The third-order valence-corrected chi connectivity index (χ3v) is 5.42. The molecule has 0 saturated carbocycles. The predicted octanol–water partition coefficient (Wildman–Crippen LogP) is 2.86. The molecule has 3 heterocycles. The summed E-state index contributed by atoms with van der Waals surface area (Å²) in [5.41, 5.74) is 1.14. The number of pyridine rings is 1. The minimum Gasteiger partial charge on any atom is -0.292 e. The van der Waals surface area contributed by atoms with Gasteiger partial charge in [0.2, 0.25) is 0 Å². The number of fused-ring (bicyclic) bond motifs is 1. The molecular weight excluding hydrogens is 374 g/mol.